The van der Waals surface area contributed by atoms with Crippen LogP contribution in [0.1, 0.15) is 18.9 Å². The number of carbonyl (C=O) groups is 1. The highest BCUT2D eigenvalue weighted by molar-refractivity contribution is 8.00. The van der Waals surface area contributed by atoms with Crippen LogP contribution in [0.4, 0.5) is 5.69 Å². The minimum Gasteiger partial charge on any atom is -0.495 e. The molecule has 4 aromatic rings. The first-order chi connectivity index (χ1) is 18.1. The van der Waals surface area contributed by atoms with E-state index in [2.05, 4.69) is 5.32 Å². The zero-order valence-electron chi connectivity index (χ0n) is 20.6. The van der Waals surface area contributed by atoms with Crippen LogP contribution >= 0.6 is 11.8 Å². The Labute approximate surface area is 218 Å². The first kappa shape index (κ1) is 24.7. The fourth-order valence-electron chi connectivity index (χ4n) is 4.17. The molecule has 0 spiro atoms. The number of para-hydroxylation sites is 2. The minimum atomic E-state index is -0.480. The van der Waals surface area contributed by atoms with Crippen molar-refractivity contribution < 1.29 is 19.0 Å². The highest BCUT2D eigenvalue weighted by Crippen LogP contribution is 2.36. The number of anilines is 1. The summed E-state index contributed by atoms with van der Waals surface area (Å²) in [7, 11) is 1.56. The first-order valence-electron chi connectivity index (χ1n) is 12.1. The van der Waals surface area contributed by atoms with Crippen molar-refractivity contribution in [2.45, 2.75) is 36.7 Å². The molecule has 37 heavy (non-hydrogen) atoms. The molecule has 8 nitrogen and oxygen atoms in total. The Bertz CT molecular complexity index is 1490. The second-order valence-electron chi connectivity index (χ2n) is 8.51. The van der Waals surface area contributed by atoms with Crippen LogP contribution in [0, 0.1) is 0 Å². The summed E-state index contributed by atoms with van der Waals surface area (Å²) >= 11 is 1.28. The normalized spacial score (nSPS) is 12.9. The number of amides is 1. The predicted octanol–water partition coefficient (Wildman–Crippen LogP) is 4.89. The largest absolute Gasteiger partial charge is 0.495 e. The van der Waals surface area contributed by atoms with E-state index in [1.54, 1.807) is 35.9 Å². The summed E-state index contributed by atoms with van der Waals surface area (Å²) in [5, 5.41) is 3.41. The number of aromatic nitrogens is 2. The summed E-state index contributed by atoms with van der Waals surface area (Å²) < 4.78 is 18.0. The van der Waals surface area contributed by atoms with Crippen molar-refractivity contribution in [3.8, 4) is 17.2 Å². The maximum absolute atomic E-state index is 13.7. The van der Waals surface area contributed by atoms with Gasteiger partial charge in [0, 0.05) is 12.6 Å². The molecule has 0 saturated carbocycles. The van der Waals surface area contributed by atoms with Crippen LogP contribution in [0.15, 0.2) is 76.7 Å². The predicted molar refractivity (Wildman–Crippen MR) is 144 cm³/mol. The van der Waals surface area contributed by atoms with E-state index in [1.165, 1.54) is 11.8 Å². The number of rotatable bonds is 9. The van der Waals surface area contributed by atoms with Gasteiger partial charge >= 0.3 is 0 Å². The average Bonchev–Trinajstić information content (AvgIpc) is 3.38. The second-order valence-corrected chi connectivity index (χ2v) is 9.68. The van der Waals surface area contributed by atoms with Gasteiger partial charge in [-0.25, -0.2) is 4.98 Å². The average molecular weight is 518 g/mol. The molecule has 0 radical (unpaired) electrons. The number of benzene rings is 3. The van der Waals surface area contributed by atoms with Crippen molar-refractivity contribution in [1.82, 2.24) is 9.55 Å². The van der Waals surface area contributed by atoms with Crippen molar-refractivity contribution in [2.75, 3.05) is 19.2 Å². The van der Waals surface area contributed by atoms with E-state index in [-0.39, 0.29) is 18.3 Å². The molecule has 0 bridgehead atoms. The van der Waals surface area contributed by atoms with Crippen LogP contribution in [0.2, 0.25) is 0 Å². The number of ether oxygens (including phenoxy) is 3. The summed E-state index contributed by atoms with van der Waals surface area (Å²) in [4.78, 5) is 31.8. The van der Waals surface area contributed by atoms with E-state index in [0.29, 0.717) is 58.4 Å². The number of methoxy groups -OCH3 is 1. The quantitative estimate of drug-likeness (QED) is 0.250. The molecule has 1 N–H and O–H groups in total. The lowest BCUT2D eigenvalue weighted by Crippen LogP contribution is -2.28. The fraction of sp³-hybridized carbons (Fsp3) is 0.250. The van der Waals surface area contributed by atoms with Gasteiger partial charge in [-0.05, 0) is 36.6 Å². The highest BCUT2D eigenvalue weighted by Gasteiger charge is 2.24. The number of thioether (sulfide) groups is 1. The van der Waals surface area contributed by atoms with Gasteiger partial charge in [-0.2, -0.15) is 0 Å². The van der Waals surface area contributed by atoms with Crippen LogP contribution in [-0.4, -0.2) is 34.6 Å². The SMILES string of the molecule is CCC(Sc1nc2cc3c(cc2c(=O)n1CCc1ccccc1)OCO3)C(=O)Nc1ccccc1OC. The van der Waals surface area contributed by atoms with Gasteiger partial charge in [-0.15, -0.1) is 0 Å². The number of aryl methyl sites for hydroxylation is 1. The monoisotopic (exact) mass is 517 g/mol. The standard InChI is InChI=1S/C28H27N3O5S/c1-3-25(26(32)29-20-11-7-8-12-22(20)34-2)37-28-30-21-16-24-23(35-17-36-24)15-19(21)27(33)31(28)14-13-18-9-5-4-6-10-18/h4-12,15-16,25H,3,13-14,17H2,1-2H3,(H,29,32). The van der Waals surface area contributed by atoms with Gasteiger partial charge in [0.2, 0.25) is 12.7 Å². The Kier molecular flexibility index (Phi) is 7.32. The molecule has 1 aliphatic heterocycles. The van der Waals surface area contributed by atoms with E-state index in [0.717, 1.165) is 5.56 Å². The molecule has 1 amide bonds. The maximum atomic E-state index is 13.7. The molecule has 0 saturated heterocycles. The molecule has 3 aromatic carbocycles. The maximum Gasteiger partial charge on any atom is 0.262 e. The number of hydrogen-bond donors (Lipinski definition) is 1. The van der Waals surface area contributed by atoms with Gasteiger partial charge in [0.25, 0.3) is 5.56 Å². The first-order valence-corrected chi connectivity index (χ1v) is 12.9. The fourth-order valence-corrected chi connectivity index (χ4v) is 5.21. The van der Waals surface area contributed by atoms with E-state index < -0.39 is 5.25 Å². The van der Waals surface area contributed by atoms with Crippen LogP contribution in [0.25, 0.3) is 10.9 Å². The Balaban J connectivity index is 1.49. The van der Waals surface area contributed by atoms with Crippen LogP contribution in [0.5, 0.6) is 17.2 Å². The molecule has 0 aliphatic carbocycles. The summed E-state index contributed by atoms with van der Waals surface area (Å²) in [6.07, 6.45) is 1.19. The third kappa shape index (κ3) is 5.27. The van der Waals surface area contributed by atoms with E-state index >= 15 is 0 Å². The third-order valence-electron chi connectivity index (χ3n) is 6.16. The number of fused-ring (bicyclic) bond motifs is 2. The smallest absolute Gasteiger partial charge is 0.262 e. The molecular formula is C28H27N3O5S. The summed E-state index contributed by atoms with van der Waals surface area (Å²) in [5.41, 5.74) is 2.03. The van der Waals surface area contributed by atoms with Crippen molar-refractivity contribution in [3.63, 3.8) is 0 Å². The Hall–Kier alpha value is -3.98. The highest BCUT2D eigenvalue weighted by atomic mass is 32.2. The zero-order valence-corrected chi connectivity index (χ0v) is 21.4. The molecule has 1 aromatic heterocycles. The molecule has 1 unspecified atom stereocenters. The van der Waals surface area contributed by atoms with Crippen LogP contribution in [-0.2, 0) is 17.8 Å². The third-order valence-corrected chi connectivity index (χ3v) is 7.51. The second kappa shape index (κ2) is 11.0. The van der Waals surface area contributed by atoms with Gasteiger partial charge < -0.3 is 19.5 Å². The summed E-state index contributed by atoms with van der Waals surface area (Å²) in [5.74, 6) is 1.48. The molecule has 0 fully saturated rings. The number of carbonyl (C=O) groups excluding carboxylic acids is 1. The Morgan fingerprint density at radius 2 is 1.84 bits per heavy atom. The topological polar surface area (TPSA) is 91.7 Å². The van der Waals surface area contributed by atoms with Crippen LogP contribution in [0.3, 0.4) is 0 Å². The van der Waals surface area contributed by atoms with Gasteiger partial charge in [0.05, 0.1) is 29.0 Å². The summed E-state index contributed by atoms with van der Waals surface area (Å²) in [6.45, 7) is 2.47. The zero-order chi connectivity index (χ0) is 25.8. The molecule has 5 rings (SSSR count). The van der Waals surface area contributed by atoms with Crippen molar-refractivity contribution in [2.24, 2.45) is 0 Å². The van der Waals surface area contributed by atoms with Crippen molar-refractivity contribution in [3.05, 3.63) is 82.6 Å². The summed E-state index contributed by atoms with van der Waals surface area (Å²) in [6, 6.07) is 20.6. The minimum absolute atomic E-state index is 0.108. The molecule has 190 valence electrons. The lowest BCUT2D eigenvalue weighted by Gasteiger charge is -2.19. The van der Waals surface area contributed by atoms with Gasteiger partial charge in [0.15, 0.2) is 16.7 Å². The molecule has 1 aliphatic rings. The lowest BCUT2D eigenvalue weighted by atomic mass is 10.1. The lowest BCUT2D eigenvalue weighted by molar-refractivity contribution is -0.115. The number of hydrogen-bond acceptors (Lipinski definition) is 7. The van der Waals surface area contributed by atoms with Gasteiger partial charge in [0.1, 0.15) is 5.75 Å². The molecule has 9 heteroatoms. The van der Waals surface area contributed by atoms with E-state index in [9.17, 15) is 9.59 Å². The van der Waals surface area contributed by atoms with Crippen LogP contribution < -0.4 is 25.1 Å². The molecular weight excluding hydrogens is 490 g/mol. The van der Waals surface area contributed by atoms with Gasteiger partial charge in [-0.3, -0.25) is 14.2 Å². The molecule has 2 heterocycles. The molecule has 1 atom stereocenters. The van der Waals surface area contributed by atoms with Crippen molar-refractivity contribution in [1.29, 1.82) is 0 Å². The van der Waals surface area contributed by atoms with E-state index in [1.807, 2.05) is 49.4 Å². The number of nitrogens with zero attached hydrogens (tertiary/aromatic N) is 2. The Morgan fingerprint density at radius 1 is 1.11 bits per heavy atom. The van der Waals surface area contributed by atoms with Crippen molar-refractivity contribution >= 4 is 34.3 Å². The van der Waals surface area contributed by atoms with E-state index in [4.69, 9.17) is 19.2 Å². The Morgan fingerprint density at radius 3 is 2.59 bits per heavy atom. The number of nitrogens with one attached hydrogen (secondary N) is 1. The van der Waals surface area contributed by atoms with Gasteiger partial charge in [-0.1, -0.05) is 61.2 Å².